The average Bonchev–Trinajstić information content (AvgIpc) is 3.50. The summed E-state index contributed by atoms with van der Waals surface area (Å²) in [6.45, 7) is 3.39. The molecular weight excluding hydrogens is 518 g/mol. The normalized spacial score (nSPS) is 17.2. The van der Waals surface area contributed by atoms with Crippen molar-refractivity contribution in [2.45, 2.75) is 18.9 Å². The summed E-state index contributed by atoms with van der Waals surface area (Å²) in [5, 5.41) is 9.40. The second-order valence-electron chi connectivity index (χ2n) is 9.68. The fourth-order valence-electron chi connectivity index (χ4n) is 4.95. The zero-order valence-electron chi connectivity index (χ0n) is 22.0. The molecule has 1 aromatic heterocycles. The molecule has 0 saturated carbocycles. The van der Waals surface area contributed by atoms with Crippen LogP contribution in [0.3, 0.4) is 0 Å². The molecular formula is C29H32ClN5O4. The van der Waals surface area contributed by atoms with Crippen molar-refractivity contribution in [3.8, 4) is 17.0 Å². The highest BCUT2D eigenvalue weighted by Gasteiger charge is 2.29. The van der Waals surface area contributed by atoms with Crippen LogP contribution < -0.4 is 9.64 Å². The molecule has 5 rings (SSSR count). The number of hydrogen-bond acceptors (Lipinski definition) is 7. The van der Waals surface area contributed by atoms with Crippen molar-refractivity contribution in [3.63, 3.8) is 0 Å². The summed E-state index contributed by atoms with van der Waals surface area (Å²) < 4.78 is 11.1. The van der Waals surface area contributed by atoms with Gasteiger partial charge in [-0.25, -0.2) is 0 Å². The number of methoxy groups -OCH3 is 1. The maximum absolute atomic E-state index is 13.4. The van der Waals surface area contributed by atoms with Gasteiger partial charge in [0, 0.05) is 50.5 Å². The summed E-state index contributed by atoms with van der Waals surface area (Å²) in [7, 11) is 1.57. The number of amides is 2. The van der Waals surface area contributed by atoms with Crippen LogP contribution in [0.1, 0.15) is 23.2 Å². The summed E-state index contributed by atoms with van der Waals surface area (Å²) in [5.74, 6) is 1.07. The molecule has 2 aromatic carbocycles. The van der Waals surface area contributed by atoms with Gasteiger partial charge in [0.25, 0.3) is 5.91 Å². The lowest BCUT2D eigenvalue weighted by Gasteiger charge is -2.36. The van der Waals surface area contributed by atoms with Gasteiger partial charge in [0.1, 0.15) is 12.3 Å². The third kappa shape index (κ3) is 6.49. The van der Waals surface area contributed by atoms with E-state index in [9.17, 15) is 9.59 Å². The van der Waals surface area contributed by atoms with Crippen LogP contribution in [0.2, 0.25) is 5.02 Å². The van der Waals surface area contributed by atoms with Crippen molar-refractivity contribution in [3.05, 3.63) is 71.2 Å². The van der Waals surface area contributed by atoms with Gasteiger partial charge in [0.05, 0.1) is 23.9 Å². The maximum Gasteiger partial charge on any atom is 0.254 e. The molecule has 2 fully saturated rings. The van der Waals surface area contributed by atoms with Gasteiger partial charge in [-0.1, -0.05) is 35.9 Å². The van der Waals surface area contributed by atoms with Gasteiger partial charge >= 0.3 is 0 Å². The first kappa shape index (κ1) is 26.9. The number of carbonyl (C=O) groups excluding carboxylic acids is 2. The van der Waals surface area contributed by atoms with E-state index in [1.807, 2.05) is 41.3 Å². The summed E-state index contributed by atoms with van der Waals surface area (Å²) >= 11 is 6.29. The first-order valence-electron chi connectivity index (χ1n) is 13.2. The van der Waals surface area contributed by atoms with Crippen molar-refractivity contribution in [2.75, 3.05) is 57.9 Å². The third-order valence-electron chi connectivity index (χ3n) is 7.13. The number of aromatic nitrogens is 2. The van der Waals surface area contributed by atoms with Gasteiger partial charge in [-0.2, -0.15) is 0 Å². The Labute approximate surface area is 233 Å². The molecule has 3 aromatic rings. The topological polar surface area (TPSA) is 88.1 Å². The van der Waals surface area contributed by atoms with Gasteiger partial charge in [0.15, 0.2) is 5.82 Å². The Hall–Kier alpha value is -3.69. The van der Waals surface area contributed by atoms with Gasteiger partial charge in [-0.3, -0.25) is 9.59 Å². The SMILES string of the molecule is COc1cccc(C(=O)N(CC(=O)N2CCN(c3ccc(-c4ccccc4Cl)nn3)CC2)CC2CCCO2)c1. The van der Waals surface area contributed by atoms with Crippen molar-refractivity contribution in [1.29, 1.82) is 0 Å². The average molecular weight is 550 g/mol. The Morgan fingerprint density at radius 3 is 2.56 bits per heavy atom. The molecule has 2 saturated heterocycles. The van der Waals surface area contributed by atoms with Gasteiger partial charge in [0.2, 0.25) is 5.91 Å². The Kier molecular flexibility index (Phi) is 8.58. The van der Waals surface area contributed by atoms with E-state index < -0.39 is 0 Å². The van der Waals surface area contributed by atoms with Crippen molar-refractivity contribution in [1.82, 2.24) is 20.0 Å². The van der Waals surface area contributed by atoms with E-state index in [4.69, 9.17) is 21.1 Å². The molecule has 2 aliphatic rings. The standard InChI is InChI=1S/C29H32ClN5O4/c1-38-22-7-4-6-21(18-22)29(37)35(19-23-8-5-17-39-23)20-28(36)34-15-13-33(14-16-34)27-12-11-26(31-32-27)24-9-2-3-10-25(24)30/h2-4,6-7,9-12,18,23H,5,8,13-17,19-20H2,1H3. The number of nitrogens with zero attached hydrogens (tertiary/aromatic N) is 5. The van der Waals surface area contributed by atoms with Crippen LogP contribution in [0.25, 0.3) is 11.3 Å². The Balaban J connectivity index is 1.21. The minimum atomic E-state index is -0.203. The largest absolute Gasteiger partial charge is 0.497 e. The van der Waals surface area contributed by atoms with E-state index in [2.05, 4.69) is 15.1 Å². The van der Waals surface area contributed by atoms with E-state index in [0.717, 1.165) is 24.2 Å². The number of piperazine rings is 1. The quantitative estimate of drug-likeness (QED) is 0.422. The van der Waals surface area contributed by atoms with Crippen molar-refractivity contribution in [2.24, 2.45) is 0 Å². The molecule has 3 heterocycles. The first-order valence-corrected chi connectivity index (χ1v) is 13.6. The van der Waals surface area contributed by atoms with Crippen LogP contribution in [0.4, 0.5) is 5.82 Å². The number of ether oxygens (including phenoxy) is 2. The van der Waals surface area contributed by atoms with Gasteiger partial charge in [-0.15, -0.1) is 10.2 Å². The minimum absolute atomic E-state index is 0.00222. The molecule has 0 aliphatic carbocycles. The number of benzene rings is 2. The predicted molar refractivity (Wildman–Crippen MR) is 149 cm³/mol. The van der Waals surface area contributed by atoms with Crippen LogP contribution in [-0.2, 0) is 9.53 Å². The van der Waals surface area contributed by atoms with Gasteiger partial charge in [-0.05, 0) is 49.2 Å². The Morgan fingerprint density at radius 1 is 1.05 bits per heavy atom. The molecule has 9 nitrogen and oxygen atoms in total. The summed E-state index contributed by atoms with van der Waals surface area (Å²) in [5.41, 5.74) is 2.04. The highest BCUT2D eigenvalue weighted by molar-refractivity contribution is 6.33. The van der Waals surface area contributed by atoms with E-state index in [-0.39, 0.29) is 24.5 Å². The van der Waals surface area contributed by atoms with Crippen LogP contribution in [-0.4, -0.2) is 90.9 Å². The molecule has 0 radical (unpaired) electrons. The maximum atomic E-state index is 13.4. The fraction of sp³-hybridized carbons (Fsp3) is 0.379. The summed E-state index contributed by atoms with van der Waals surface area (Å²) in [6, 6.07) is 18.4. The molecule has 10 heteroatoms. The predicted octanol–water partition coefficient (Wildman–Crippen LogP) is 3.78. The molecule has 1 unspecified atom stereocenters. The monoisotopic (exact) mass is 549 g/mol. The molecule has 1 atom stereocenters. The van der Waals surface area contributed by atoms with Crippen LogP contribution in [0.15, 0.2) is 60.7 Å². The second-order valence-corrected chi connectivity index (χ2v) is 10.1. The zero-order chi connectivity index (χ0) is 27.2. The lowest BCUT2D eigenvalue weighted by Crippen LogP contribution is -2.52. The van der Waals surface area contributed by atoms with Gasteiger partial charge < -0.3 is 24.2 Å². The summed E-state index contributed by atoms with van der Waals surface area (Å²) in [4.78, 5) is 32.3. The second kappa shape index (κ2) is 12.4. The highest BCUT2D eigenvalue weighted by atomic mass is 35.5. The minimum Gasteiger partial charge on any atom is -0.497 e. The molecule has 0 N–H and O–H groups in total. The van der Waals surface area contributed by atoms with E-state index in [1.165, 1.54) is 0 Å². The first-order chi connectivity index (χ1) is 19.0. The van der Waals surface area contributed by atoms with E-state index in [0.29, 0.717) is 61.4 Å². The van der Waals surface area contributed by atoms with E-state index in [1.54, 1.807) is 36.3 Å². The molecule has 204 valence electrons. The molecule has 2 amide bonds. The number of carbonyl (C=O) groups is 2. The number of anilines is 1. The lowest BCUT2D eigenvalue weighted by molar-refractivity contribution is -0.132. The third-order valence-corrected chi connectivity index (χ3v) is 7.46. The Morgan fingerprint density at radius 2 is 1.87 bits per heavy atom. The smallest absolute Gasteiger partial charge is 0.254 e. The zero-order valence-corrected chi connectivity index (χ0v) is 22.7. The number of rotatable bonds is 8. The van der Waals surface area contributed by atoms with E-state index >= 15 is 0 Å². The highest BCUT2D eigenvalue weighted by Crippen LogP contribution is 2.26. The fourth-order valence-corrected chi connectivity index (χ4v) is 5.18. The van der Waals surface area contributed by atoms with Crippen LogP contribution in [0.5, 0.6) is 5.75 Å². The van der Waals surface area contributed by atoms with Crippen molar-refractivity contribution >= 4 is 29.2 Å². The molecule has 39 heavy (non-hydrogen) atoms. The molecule has 2 aliphatic heterocycles. The molecule has 0 bridgehead atoms. The number of hydrogen-bond donors (Lipinski definition) is 0. The number of halogens is 1. The van der Waals surface area contributed by atoms with Crippen molar-refractivity contribution < 1.29 is 19.1 Å². The Bertz CT molecular complexity index is 1290. The molecule has 0 spiro atoms. The van der Waals surface area contributed by atoms with Crippen LogP contribution >= 0.6 is 11.6 Å². The lowest BCUT2D eigenvalue weighted by atomic mass is 10.1. The summed E-state index contributed by atoms with van der Waals surface area (Å²) in [6.07, 6.45) is 1.78. The van der Waals surface area contributed by atoms with Crippen LogP contribution in [0, 0.1) is 0 Å².